The van der Waals surface area contributed by atoms with Crippen molar-refractivity contribution in [1.29, 1.82) is 0 Å². The van der Waals surface area contributed by atoms with Crippen LogP contribution in [-0.2, 0) is 6.18 Å². The van der Waals surface area contributed by atoms with Crippen molar-refractivity contribution in [2.24, 2.45) is 0 Å². The minimum Gasteiger partial charge on any atom is -0.366 e. The topological polar surface area (TPSA) is 75.1 Å². The Labute approximate surface area is 149 Å². The Kier molecular flexibility index (Phi) is 4.72. The van der Waals surface area contributed by atoms with Crippen LogP contribution < -0.4 is 4.90 Å². The fourth-order valence-corrected chi connectivity index (χ4v) is 3.34. The third-order valence-electron chi connectivity index (χ3n) is 4.26. The Morgan fingerprint density at radius 1 is 1.32 bits per heavy atom. The van der Waals surface area contributed by atoms with Crippen molar-refractivity contribution >= 4 is 27.3 Å². The molecule has 1 N–H and O–H groups in total. The predicted octanol–water partition coefficient (Wildman–Crippen LogP) is 4.48. The second-order valence-corrected chi connectivity index (χ2v) is 6.75. The molecule has 0 amide bonds. The zero-order chi connectivity index (χ0) is 18.2. The first-order chi connectivity index (χ1) is 11.8. The highest BCUT2D eigenvalue weighted by Gasteiger charge is 2.34. The van der Waals surface area contributed by atoms with E-state index in [4.69, 9.17) is 0 Å². The lowest BCUT2D eigenvalue weighted by Crippen LogP contribution is -2.33. The molecular formula is C15H14BrF3N4O2. The molecule has 0 atom stereocenters. The van der Waals surface area contributed by atoms with Gasteiger partial charge in [0.05, 0.1) is 11.1 Å². The Hall–Kier alpha value is -2.10. The van der Waals surface area contributed by atoms with E-state index in [1.54, 1.807) is 12.1 Å². The maximum absolute atomic E-state index is 12.7. The molecule has 1 aliphatic rings. The molecule has 0 saturated carbocycles. The van der Waals surface area contributed by atoms with Gasteiger partial charge in [-0.25, -0.2) is 4.98 Å². The van der Waals surface area contributed by atoms with Gasteiger partial charge in [-0.05, 0) is 25.0 Å². The number of alkyl halides is 3. The van der Waals surface area contributed by atoms with Gasteiger partial charge in [-0.3, -0.25) is 10.1 Å². The van der Waals surface area contributed by atoms with Crippen molar-refractivity contribution in [2.45, 2.75) is 24.9 Å². The van der Waals surface area contributed by atoms with Crippen LogP contribution in [0.2, 0.25) is 0 Å². The van der Waals surface area contributed by atoms with Gasteiger partial charge in [0.25, 0.3) is 5.69 Å². The third kappa shape index (κ3) is 3.78. The normalized spacial score (nSPS) is 16.2. The highest BCUT2D eigenvalue weighted by molar-refractivity contribution is 9.10. The number of aromatic amines is 1. The van der Waals surface area contributed by atoms with E-state index in [9.17, 15) is 23.3 Å². The molecule has 1 saturated heterocycles. The van der Waals surface area contributed by atoms with E-state index in [1.165, 1.54) is 6.07 Å². The lowest BCUT2D eigenvalue weighted by Gasteiger charge is -2.32. The van der Waals surface area contributed by atoms with Crippen LogP contribution in [0, 0.1) is 10.1 Å². The van der Waals surface area contributed by atoms with Crippen molar-refractivity contribution in [3.63, 3.8) is 0 Å². The number of H-pyrrole nitrogens is 1. The summed E-state index contributed by atoms with van der Waals surface area (Å²) in [6.07, 6.45) is -2.51. The van der Waals surface area contributed by atoms with Crippen molar-refractivity contribution in [2.75, 3.05) is 18.0 Å². The van der Waals surface area contributed by atoms with Crippen LogP contribution in [0.5, 0.6) is 0 Å². The van der Waals surface area contributed by atoms with Crippen molar-refractivity contribution in [3.8, 4) is 0 Å². The van der Waals surface area contributed by atoms with Gasteiger partial charge in [0, 0.05) is 29.5 Å². The van der Waals surface area contributed by atoms with Crippen molar-refractivity contribution in [1.82, 2.24) is 9.97 Å². The van der Waals surface area contributed by atoms with Gasteiger partial charge < -0.3 is 9.88 Å². The lowest BCUT2D eigenvalue weighted by molar-refractivity contribution is -0.384. The highest BCUT2D eigenvalue weighted by atomic mass is 79.9. The minimum absolute atomic E-state index is 0.0130. The number of hydrogen-bond acceptors (Lipinski definition) is 4. The minimum atomic E-state index is -4.44. The van der Waals surface area contributed by atoms with Crippen molar-refractivity contribution in [3.05, 3.63) is 50.5 Å². The number of halogens is 4. The summed E-state index contributed by atoms with van der Waals surface area (Å²) in [5, 5.41) is 11.2. The Balaban J connectivity index is 1.73. The first kappa shape index (κ1) is 17.7. The molecule has 134 valence electrons. The number of nitrogens with zero attached hydrogens (tertiary/aromatic N) is 3. The summed E-state index contributed by atoms with van der Waals surface area (Å²) < 4.78 is 38.7. The largest absolute Gasteiger partial charge is 0.432 e. The number of nitro benzene ring substituents is 1. The number of nitrogens with one attached hydrogen (secondary N) is 1. The van der Waals surface area contributed by atoms with Crippen LogP contribution in [0.4, 0.5) is 24.5 Å². The van der Waals surface area contributed by atoms with E-state index in [1.807, 2.05) is 4.90 Å². The Morgan fingerprint density at radius 3 is 2.56 bits per heavy atom. The number of benzene rings is 1. The van der Waals surface area contributed by atoms with Crippen LogP contribution in [0.1, 0.15) is 30.3 Å². The molecule has 0 radical (unpaired) electrons. The van der Waals surface area contributed by atoms with Gasteiger partial charge in [-0.15, -0.1) is 0 Å². The molecule has 2 aromatic rings. The third-order valence-corrected chi connectivity index (χ3v) is 4.75. The number of piperidine rings is 1. The molecule has 3 rings (SSSR count). The van der Waals surface area contributed by atoms with E-state index < -0.39 is 16.8 Å². The molecule has 6 nitrogen and oxygen atoms in total. The van der Waals surface area contributed by atoms with Gasteiger partial charge in [-0.1, -0.05) is 15.9 Å². The number of nitro groups is 1. The summed E-state index contributed by atoms with van der Waals surface area (Å²) in [5.41, 5.74) is -0.334. The summed E-state index contributed by atoms with van der Waals surface area (Å²) >= 11 is 3.31. The average molecular weight is 419 g/mol. The number of rotatable bonds is 3. The standard InChI is InChI=1S/C15H14BrF3N4O2/c16-10-1-2-11(23(24)25)12(7-10)22-5-3-9(4-6-22)14-20-8-13(21-14)15(17,18)19/h1-2,7-9H,3-6H2,(H,20,21). The van der Waals surface area contributed by atoms with Gasteiger partial charge >= 0.3 is 6.18 Å². The molecule has 0 aliphatic carbocycles. The SMILES string of the molecule is O=[N+]([O-])c1ccc(Br)cc1N1CCC(c2ncc(C(F)(F)F)[nH]2)CC1. The van der Waals surface area contributed by atoms with Gasteiger partial charge in [0.1, 0.15) is 17.2 Å². The number of hydrogen-bond donors (Lipinski definition) is 1. The molecule has 2 heterocycles. The highest BCUT2D eigenvalue weighted by Crippen LogP contribution is 2.36. The molecule has 10 heteroatoms. The molecule has 0 bridgehead atoms. The predicted molar refractivity (Wildman–Crippen MR) is 88.6 cm³/mol. The Morgan fingerprint density at radius 2 is 2.00 bits per heavy atom. The number of anilines is 1. The van der Waals surface area contributed by atoms with E-state index in [0.29, 0.717) is 37.4 Å². The monoisotopic (exact) mass is 418 g/mol. The van der Waals surface area contributed by atoms with Gasteiger partial charge in [-0.2, -0.15) is 13.2 Å². The molecule has 0 unspecified atom stereocenters. The van der Waals surface area contributed by atoms with Crippen LogP contribution in [0.3, 0.4) is 0 Å². The second kappa shape index (κ2) is 6.66. The molecule has 1 aliphatic heterocycles. The first-order valence-electron chi connectivity index (χ1n) is 7.56. The summed E-state index contributed by atoms with van der Waals surface area (Å²) in [6, 6.07) is 4.73. The van der Waals surface area contributed by atoms with Crippen LogP contribution >= 0.6 is 15.9 Å². The van der Waals surface area contributed by atoms with E-state index in [2.05, 4.69) is 25.9 Å². The molecular weight excluding hydrogens is 405 g/mol. The van der Waals surface area contributed by atoms with E-state index >= 15 is 0 Å². The second-order valence-electron chi connectivity index (χ2n) is 5.83. The smallest absolute Gasteiger partial charge is 0.366 e. The van der Waals surface area contributed by atoms with E-state index in [0.717, 1.165) is 10.7 Å². The maximum atomic E-state index is 12.7. The van der Waals surface area contributed by atoms with Crippen LogP contribution in [0.15, 0.2) is 28.9 Å². The fourth-order valence-electron chi connectivity index (χ4n) is 2.99. The number of aromatic nitrogens is 2. The lowest BCUT2D eigenvalue weighted by atomic mass is 9.95. The summed E-state index contributed by atoms with van der Waals surface area (Å²) in [4.78, 5) is 18.8. The molecule has 0 spiro atoms. The maximum Gasteiger partial charge on any atom is 0.432 e. The fraction of sp³-hybridized carbons (Fsp3) is 0.400. The zero-order valence-corrected chi connectivity index (χ0v) is 14.5. The quantitative estimate of drug-likeness (QED) is 0.588. The average Bonchev–Trinajstić information content (AvgIpc) is 3.05. The zero-order valence-electron chi connectivity index (χ0n) is 12.9. The first-order valence-corrected chi connectivity index (χ1v) is 8.36. The molecule has 1 aromatic carbocycles. The molecule has 25 heavy (non-hydrogen) atoms. The van der Waals surface area contributed by atoms with Crippen LogP contribution in [0.25, 0.3) is 0 Å². The van der Waals surface area contributed by atoms with Crippen LogP contribution in [-0.4, -0.2) is 28.0 Å². The van der Waals surface area contributed by atoms with E-state index in [-0.39, 0.29) is 11.6 Å². The van der Waals surface area contributed by atoms with Gasteiger partial charge in [0.2, 0.25) is 0 Å². The molecule has 1 fully saturated rings. The van der Waals surface area contributed by atoms with Gasteiger partial charge in [0.15, 0.2) is 0 Å². The van der Waals surface area contributed by atoms with Crippen molar-refractivity contribution < 1.29 is 18.1 Å². The molecule has 1 aromatic heterocycles. The number of imidazole rings is 1. The Bertz CT molecular complexity index is 785. The summed E-state index contributed by atoms with van der Waals surface area (Å²) in [5.74, 6) is 0.189. The summed E-state index contributed by atoms with van der Waals surface area (Å²) in [7, 11) is 0. The summed E-state index contributed by atoms with van der Waals surface area (Å²) in [6.45, 7) is 1.01.